The van der Waals surface area contributed by atoms with Gasteiger partial charge in [0.2, 0.25) is 11.8 Å². The molecule has 0 bridgehead atoms. The number of piperazine rings is 1. The Morgan fingerprint density at radius 1 is 1.23 bits per heavy atom. The first kappa shape index (κ1) is 29.1. The van der Waals surface area contributed by atoms with E-state index in [-0.39, 0.29) is 48.8 Å². The average Bonchev–Trinajstić information content (AvgIpc) is 3.48. The molecule has 214 valence electrons. The van der Waals surface area contributed by atoms with Crippen LogP contribution in [0.4, 0.5) is 8.78 Å². The van der Waals surface area contributed by atoms with Gasteiger partial charge in [0.1, 0.15) is 11.6 Å². The first-order valence-electron chi connectivity index (χ1n) is 13.3. The zero-order valence-electron chi connectivity index (χ0n) is 22.3. The fourth-order valence-electron chi connectivity index (χ4n) is 5.21. The molecule has 0 saturated carbocycles. The maximum atomic E-state index is 13.9. The highest BCUT2D eigenvalue weighted by atomic mass is 32.2. The molecule has 1 aromatic carbocycles. The Bertz CT molecular complexity index is 1270. The molecule has 39 heavy (non-hydrogen) atoms. The topological polar surface area (TPSA) is 117 Å². The van der Waals surface area contributed by atoms with Crippen LogP contribution < -0.4 is 10.6 Å². The van der Waals surface area contributed by atoms with Crippen LogP contribution in [-0.4, -0.2) is 83.8 Å². The molecule has 2 aromatic rings. The lowest BCUT2D eigenvalue weighted by Gasteiger charge is -2.34. The third kappa shape index (κ3) is 7.40. The number of hydrogen-bond acceptors (Lipinski definition) is 6. The number of carbonyl (C=O) groups is 2. The van der Waals surface area contributed by atoms with E-state index in [9.17, 15) is 26.8 Å². The van der Waals surface area contributed by atoms with Crippen molar-refractivity contribution in [2.45, 2.75) is 56.1 Å². The smallest absolute Gasteiger partial charge is 0.262 e. The van der Waals surface area contributed by atoms with Gasteiger partial charge in [-0.3, -0.25) is 9.59 Å². The molecule has 0 radical (unpaired) electrons. The summed E-state index contributed by atoms with van der Waals surface area (Å²) in [5.74, 6) is -2.30. The van der Waals surface area contributed by atoms with E-state index < -0.39 is 33.6 Å². The van der Waals surface area contributed by atoms with Gasteiger partial charge < -0.3 is 20.1 Å². The van der Waals surface area contributed by atoms with Gasteiger partial charge in [-0.1, -0.05) is 13.3 Å². The minimum Gasteiger partial charge on any atom is -0.353 e. The molecule has 2 unspecified atom stereocenters. The lowest BCUT2D eigenvalue weighted by atomic mass is 9.97. The highest BCUT2D eigenvalue weighted by Crippen LogP contribution is 2.21. The fraction of sp³-hybridized carbons (Fsp3) is 0.577. The first-order valence-corrected chi connectivity index (χ1v) is 14.7. The largest absolute Gasteiger partial charge is 0.353 e. The second-order valence-electron chi connectivity index (χ2n) is 10.4. The van der Waals surface area contributed by atoms with Gasteiger partial charge in [0, 0.05) is 70.5 Å². The van der Waals surface area contributed by atoms with Crippen molar-refractivity contribution in [3.63, 3.8) is 0 Å². The van der Waals surface area contributed by atoms with Crippen molar-refractivity contribution in [2.24, 2.45) is 13.0 Å². The molecule has 2 N–H and O–H groups in total. The maximum Gasteiger partial charge on any atom is 0.262 e. The lowest BCUT2D eigenvalue weighted by molar-refractivity contribution is -0.129. The van der Waals surface area contributed by atoms with Crippen molar-refractivity contribution >= 4 is 21.8 Å². The minimum atomic E-state index is -3.80. The number of sulfonamides is 1. The monoisotopic (exact) mass is 566 g/mol. The van der Waals surface area contributed by atoms with Crippen LogP contribution in [0.5, 0.6) is 0 Å². The molecule has 13 heteroatoms. The molecule has 2 amide bonds. The molecule has 2 saturated heterocycles. The lowest BCUT2D eigenvalue weighted by Crippen LogP contribution is -2.55. The van der Waals surface area contributed by atoms with Crippen LogP contribution in [0.15, 0.2) is 35.7 Å². The van der Waals surface area contributed by atoms with E-state index in [2.05, 4.69) is 15.6 Å². The molecule has 2 aliphatic rings. The van der Waals surface area contributed by atoms with Crippen molar-refractivity contribution in [3.05, 3.63) is 47.9 Å². The van der Waals surface area contributed by atoms with E-state index in [1.54, 1.807) is 16.5 Å². The molecule has 0 aliphatic carbocycles. The molecule has 3 atom stereocenters. The number of carbonyl (C=O) groups excluding carboxylic acids is 2. The third-order valence-corrected chi connectivity index (χ3v) is 8.94. The van der Waals surface area contributed by atoms with Crippen molar-refractivity contribution in [2.75, 3.05) is 32.7 Å². The molecule has 2 aliphatic heterocycles. The number of benzene rings is 1. The first-order chi connectivity index (χ1) is 18.5. The fourth-order valence-corrected chi connectivity index (χ4v) is 6.66. The van der Waals surface area contributed by atoms with Gasteiger partial charge in [-0.05, 0) is 37.0 Å². The summed E-state index contributed by atoms with van der Waals surface area (Å²) in [4.78, 5) is 31.3. The zero-order chi connectivity index (χ0) is 28.2. The number of rotatable bonds is 11. The number of hydrogen-bond donors (Lipinski definition) is 2. The minimum absolute atomic E-state index is 0.0377. The van der Waals surface area contributed by atoms with Gasteiger partial charge in [0.05, 0.1) is 12.2 Å². The van der Waals surface area contributed by atoms with E-state index in [1.807, 2.05) is 6.92 Å². The summed E-state index contributed by atoms with van der Waals surface area (Å²) in [5.41, 5.74) is 0.374. The molecule has 4 rings (SSSR count). The molecule has 1 aromatic heterocycles. The summed E-state index contributed by atoms with van der Waals surface area (Å²) >= 11 is 0. The molecule has 10 nitrogen and oxygen atoms in total. The number of imidazole rings is 1. The van der Waals surface area contributed by atoms with Crippen molar-refractivity contribution in [3.8, 4) is 0 Å². The highest BCUT2D eigenvalue weighted by molar-refractivity contribution is 7.89. The summed E-state index contributed by atoms with van der Waals surface area (Å²) in [6.45, 7) is 3.79. The molecule has 3 heterocycles. The highest BCUT2D eigenvalue weighted by Gasteiger charge is 2.36. The van der Waals surface area contributed by atoms with E-state index >= 15 is 0 Å². The molecular weight excluding hydrogens is 530 g/mol. The summed E-state index contributed by atoms with van der Waals surface area (Å²) in [5, 5.41) is 6.26. The number of amides is 2. The summed E-state index contributed by atoms with van der Waals surface area (Å²) in [7, 11) is -2.11. The second-order valence-corrected chi connectivity index (χ2v) is 12.3. The number of likely N-dealkylation sites (tertiary alicyclic amines) is 1. The quantitative estimate of drug-likeness (QED) is 0.425. The number of halogens is 2. The van der Waals surface area contributed by atoms with Gasteiger partial charge in [-0.15, -0.1) is 0 Å². The standard InChI is InChI=1S/C26H36F2N6O4S/c1-3-4-6-33-14-19(11-25(33)35)26(36)31-22(10-18-8-20(27)12-21(28)9-18)13-23-15-34(7-5-29-23)39(37,38)24-16-32(2)17-30-24/h8-9,12,16-17,19,22-23,29H,3-7,10-11,13-15H2,1-2H3,(H,31,36)/t19?,22?,23-/m0/s1. The van der Waals surface area contributed by atoms with Gasteiger partial charge in [-0.25, -0.2) is 22.2 Å². The van der Waals surface area contributed by atoms with E-state index in [1.165, 1.54) is 29.0 Å². The molecular formula is C26H36F2N6O4S. The third-order valence-electron chi connectivity index (χ3n) is 7.19. The van der Waals surface area contributed by atoms with Gasteiger partial charge in [-0.2, -0.15) is 4.31 Å². The van der Waals surface area contributed by atoms with Crippen LogP contribution in [0.3, 0.4) is 0 Å². The average molecular weight is 567 g/mol. The predicted octanol–water partition coefficient (Wildman–Crippen LogP) is 1.43. The zero-order valence-corrected chi connectivity index (χ0v) is 23.1. The Labute approximate surface area is 227 Å². The van der Waals surface area contributed by atoms with Crippen LogP contribution in [0, 0.1) is 17.6 Å². The second kappa shape index (κ2) is 12.5. The van der Waals surface area contributed by atoms with Crippen LogP contribution in [0.2, 0.25) is 0 Å². The van der Waals surface area contributed by atoms with Crippen molar-refractivity contribution in [1.29, 1.82) is 0 Å². The maximum absolute atomic E-state index is 13.9. The van der Waals surface area contributed by atoms with Crippen LogP contribution in [-0.2, 0) is 33.1 Å². The summed E-state index contributed by atoms with van der Waals surface area (Å²) in [6.07, 6.45) is 5.25. The summed E-state index contributed by atoms with van der Waals surface area (Å²) in [6, 6.07) is 2.36. The Balaban J connectivity index is 1.47. The number of unbranched alkanes of at least 4 members (excludes halogenated alkanes) is 1. The number of nitrogens with zero attached hydrogens (tertiary/aromatic N) is 4. The SMILES string of the molecule is CCCCN1CC(C(=O)NC(Cc2cc(F)cc(F)c2)C[C@H]2CN(S(=O)(=O)c3cn(C)cn3)CCN2)CC1=O. The van der Waals surface area contributed by atoms with Crippen LogP contribution in [0.25, 0.3) is 0 Å². The predicted molar refractivity (Wildman–Crippen MR) is 140 cm³/mol. The van der Waals surface area contributed by atoms with Gasteiger partial charge in [0.15, 0.2) is 5.03 Å². The van der Waals surface area contributed by atoms with Gasteiger partial charge >= 0.3 is 0 Å². The normalized spacial score (nSPS) is 21.3. The Morgan fingerprint density at radius 3 is 2.64 bits per heavy atom. The molecule has 2 fully saturated rings. The van der Waals surface area contributed by atoms with Gasteiger partial charge in [0.25, 0.3) is 10.0 Å². The number of nitrogens with one attached hydrogen (secondary N) is 2. The van der Waals surface area contributed by atoms with Crippen molar-refractivity contribution in [1.82, 2.24) is 29.4 Å². The Kier molecular flexibility index (Phi) is 9.34. The van der Waals surface area contributed by atoms with E-state index in [4.69, 9.17) is 0 Å². The van der Waals surface area contributed by atoms with E-state index in [0.717, 1.165) is 18.9 Å². The van der Waals surface area contributed by atoms with Crippen LogP contribution in [0.1, 0.15) is 38.2 Å². The van der Waals surface area contributed by atoms with Crippen molar-refractivity contribution < 1.29 is 26.8 Å². The van der Waals surface area contributed by atoms with E-state index in [0.29, 0.717) is 31.6 Å². The Hall–Kier alpha value is -2.90. The number of aromatic nitrogens is 2. The molecule has 0 spiro atoms. The number of aryl methyl sites for hydroxylation is 1. The Morgan fingerprint density at radius 2 is 1.97 bits per heavy atom. The van der Waals surface area contributed by atoms with Crippen LogP contribution >= 0.6 is 0 Å². The summed E-state index contributed by atoms with van der Waals surface area (Å²) < 4.78 is 57.0.